The maximum Gasteiger partial charge on any atom is 0.245 e. The Kier molecular flexibility index (Phi) is 5.16. The Hall–Kier alpha value is -2.17. The number of pyridine rings is 1. The maximum atomic E-state index is 13.2. The summed E-state index contributed by atoms with van der Waals surface area (Å²) in [6.45, 7) is 2.83. The van der Waals surface area contributed by atoms with Crippen LogP contribution in [0.4, 0.5) is 0 Å². The van der Waals surface area contributed by atoms with Crippen LogP contribution in [0.25, 0.3) is 21.9 Å². The second kappa shape index (κ2) is 7.82. The summed E-state index contributed by atoms with van der Waals surface area (Å²) in [5, 5.41) is 1.62. The van der Waals surface area contributed by atoms with Crippen molar-refractivity contribution in [2.45, 2.75) is 11.4 Å². The smallest absolute Gasteiger partial charge is 0.245 e. The van der Waals surface area contributed by atoms with Crippen molar-refractivity contribution in [2.24, 2.45) is 0 Å². The van der Waals surface area contributed by atoms with Crippen molar-refractivity contribution in [2.75, 3.05) is 26.2 Å². The second-order valence-corrected chi connectivity index (χ2v) is 10.0. The lowest BCUT2D eigenvalue weighted by Crippen LogP contribution is -2.48. The van der Waals surface area contributed by atoms with Gasteiger partial charge in [-0.2, -0.15) is 13.1 Å². The van der Waals surface area contributed by atoms with Crippen LogP contribution >= 0.6 is 23.3 Å². The van der Waals surface area contributed by atoms with Gasteiger partial charge in [-0.25, -0.2) is 8.42 Å². The highest BCUT2D eigenvalue weighted by Gasteiger charge is 2.30. The van der Waals surface area contributed by atoms with Crippen molar-refractivity contribution in [3.63, 3.8) is 0 Å². The minimum Gasteiger partial charge on any atom is -0.296 e. The van der Waals surface area contributed by atoms with Gasteiger partial charge in [0, 0.05) is 49.3 Å². The highest BCUT2D eigenvalue weighted by Crippen LogP contribution is 2.27. The minimum absolute atomic E-state index is 0.232. The standard InChI is InChI=1S/C20H18ClN5O2S2/c21-16-7-6-14(19-15(16)3-2-8-22-19)13-25-9-11-26(12-10-25)30(27,28)18-5-1-4-17-20(18)24-29-23-17/h1-8H,9-13H2. The van der Waals surface area contributed by atoms with E-state index in [1.807, 2.05) is 24.3 Å². The molecule has 7 nitrogen and oxygen atoms in total. The van der Waals surface area contributed by atoms with Gasteiger partial charge < -0.3 is 0 Å². The molecule has 154 valence electrons. The first-order valence-corrected chi connectivity index (χ1v) is 12.0. The first-order chi connectivity index (χ1) is 14.5. The SMILES string of the molecule is O=S(=O)(c1cccc2nsnc12)N1CCN(Cc2ccc(Cl)c3cccnc23)CC1. The monoisotopic (exact) mass is 459 g/mol. The van der Waals surface area contributed by atoms with Gasteiger partial charge >= 0.3 is 0 Å². The first kappa shape index (κ1) is 19.8. The Morgan fingerprint density at radius 1 is 0.967 bits per heavy atom. The molecule has 1 aliphatic heterocycles. The number of rotatable bonds is 4. The van der Waals surface area contributed by atoms with Gasteiger partial charge in [0.15, 0.2) is 0 Å². The van der Waals surface area contributed by atoms with Crippen molar-refractivity contribution >= 4 is 55.3 Å². The molecule has 0 saturated carbocycles. The van der Waals surface area contributed by atoms with Gasteiger partial charge in [0.2, 0.25) is 10.0 Å². The van der Waals surface area contributed by atoms with Gasteiger partial charge in [0.25, 0.3) is 0 Å². The van der Waals surface area contributed by atoms with E-state index >= 15 is 0 Å². The number of benzene rings is 2. The van der Waals surface area contributed by atoms with Crippen LogP contribution in [0, 0.1) is 0 Å². The molecule has 0 amide bonds. The zero-order chi connectivity index (χ0) is 20.7. The summed E-state index contributed by atoms with van der Waals surface area (Å²) in [4.78, 5) is 6.97. The van der Waals surface area contributed by atoms with Crippen LogP contribution in [0.1, 0.15) is 5.56 Å². The molecule has 0 aliphatic carbocycles. The van der Waals surface area contributed by atoms with Crippen LogP contribution in [0.2, 0.25) is 5.02 Å². The Morgan fingerprint density at radius 3 is 2.63 bits per heavy atom. The highest BCUT2D eigenvalue weighted by atomic mass is 35.5. The first-order valence-electron chi connectivity index (χ1n) is 9.50. The summed E-state index contributed by atoms with van der Waals surface area (Å²) in [6.07, 6.45) is 1.76. The van der Waals surface area contributed by atoms with Crippen LogP contribution in [-0.4, -0.2) is 57.5 Å². The predicted octanol–water partition coefficient (Wildman–Crippen LogP) is 3.40. The summed E-state index contributed by atoms with van der Waals surface area (Å²) < 4.78 is 36.3. The van der Waals surface area contributed by atoms with Gasteiger partial charge in [-0.05, 0) is 35.9 Å². The number of fused-ring (bicyclic) bond motifs is 2. The molecule has 4 aromatic rings. The topological polar surface area (TPSA) is 79.3 Å². The molecule has 5 rings (SSSR count). The second-order valence-electron chi connectivity index (χ2n) is 7.17. The average Bonchev–Trinajstić information content (AvgIpc) is 3.25. The van der Waals surface area contributed by atoms with Crippen LogP contribution in [0.5, 0.6) is 0 Å². The number of nitrogens with zero attached hydrogens (tertiary/aromatic N) is 5. The summed E-state index contributed by atoms with van der Waals surface area (Å²) in [5.74, 6) is 0. The maximum absolute atomic E-state index is 13.2. The van der Waals surface area contributed by atoms with Crippen LogP contribution < -0.4 is 0 Å². The lowest BCUT2D eigenvalue weighted by Gasteiger charge is -2.34. The Bertz CT molecular complexity index is 1330. The van der Waals surface area contributed by atoms with Crippen molar-refractivity contribution < 1.29 is 8.42 Å². The third-order valence-corrected chi connectivity index (χ3v) is 8.19. The fourth-order valence-electron chi connectivity index (χ4n) is 3.82. The van der Waals surface area contributed by atoms with E-state index in [9.17, 15) is 8.42 Å². The molecular weight excluding hydrogens is 442 g/mol. The number of hydrogen-bond donors (Lipinski definition) is 0. The van der Waals surface area contributed by atoms with Crippen molar-refractivity contribution in [1.29, 1.82) is 0 Å². The largest absolute Gasteiger partial charge is 0.296 e. The average molecular weight is 460 g/mol. The molecule has 0 N–H and O–H groups in total. The molecule has 0 unspecified atom stereocenters. The fraction of sp³-hybridized carbons (Fsp3) is 0.250. The number of hydrogen-bond acceptors (Lipinski definition) is 7. The normalized spacial score (nSPS) is 16.4. The third-order valence-electron chi connectivity index (χ3n) is 5.39. The van der Waals surface area contributed by atoms with Crippen LogP contribution in [-0.2, 0) is 16.6 Å². The molecule has 30 heavy (non-hydrogen) atoms. The number of piperazine rings is 1. The zero-order valence-corrected chi connectivity index (χ0v) is 18.3. The van der Waals surface area contributed by atoms with Gasteiger partial charge in [-0.1, -0.05) is 23.7 Å². The molecule has 0 spiro atoms. The van der Waals surface area contributed by atoms with E-state index in [1.54, 1.807) is 24.4 Å². The van der Waals surface area contributed by atoms with E-state index in [0.29, 0.717) is 48.8 Å². The van der Waals surface area contributed by atoms with Gasteiger partial charge in [0.05, 0.1) is 17.2 Å². The third kappa shape index (κ3) is 3.46. The Balaban J connectivity index is 1.34. The summed E-state index contributed by atoms with van der Waals surface area (Å²) in [5.41, 5.74) is 3.04. The van der Waals surface area contributed by atoms with E-state index < -0.39 is 10.0 Å². The van der Waals surface area contributed by atoms with Gasteiger partial charge in [-0.15, -0.1) is 0 Å². The molecule has 0 atom stereocenters. The molecule has 2 aromatic heterocycles. The zero-order valence-electron chi connectivity index (χ0n) is 15.9. The molecule has 1 aliphatic rings. The van der Waals surface area contributed by atoms with Crippen molar-refractivity contribution in [3.8, 4) is 0 Å². The number of aromatic nitrogens is 3. The molecule has 3 heterocycles. The van der Waals surface area contributed by atoms with E-state index in [-0.39, 0.29) is 4.90 Å². The lowest BCUT2D eigenvalue weighted by atomic mass is 10.1. The van der Waals surface area contributed by atoms with Crippen molar-refractivity contribution in [1.82, 2.24) is 22.9 Å². The van der Waals surface area contributed by atoms with Crippen LogP contribution in [0.15, 0.2) is 53.6 Å². The summed E-state index contributed by atoms with van der Waals surface area (Å²) in [7, 11) is -3.61. The Morgan fingerprint density at radius 2 is 1.80 bits per heavy atom. The molecule has 10 heteroatoms. The van der Waals surface area contributed by atoms with Gasteiger partial charge in [0.1, 0.15) is 15.9 Å². The molecule has 0 radical (unpaired) electrons. The van der Waals surface area contributed by atoms with E-state index in [4.69, 9.17) is 11.6 Å². The quantitative estimate of drug-likeness (QED) is 0.465. The van der Waals surface area contributed by atoms with E-state index in [1.165, 1.54) is 4.31 Å². The molecule has 2 aromatic carbocycles. The fourth-order valence-corrected chi connectivity index (χ4v) is 6.21. The molecule has 1 saturated heterocycles. The van der Waals surface area contributed by atoms with E-state index in [2.05, 4.69) is 18.6 Å². The van der Waals surface area contributed by atoms with Crippen LogP contribution in [0.3, 0.4) is 0 Å². The van der Waals surface area contributed by atoms with Gasteiger partial charge in [-0.3, -0.25) is 9.88 Å². The summed E-state index contributed by atoms with van der Waals surface area (Å²) in [6, 6.07) is 12.8. The lowest BCUT2D eigenvalue weighted by molar-refractivity contribution is 0.182. The van der Waals surface area contributed by atoms with Crippen molar-refractivity contribution in [3.05, 3.63) is 59.2 Å². The van der Waals surface area contributed by atoms with E-state index in [0.717, 1.165) is 28.2 Å². The minimum atomic E-state index is -3.61. The predicted molar refractivity (Wildman–Crippen MR) is 118 cm³/mol. The molecule has 0 bridgehead atoms. The summed E-state index contributed by atoms with van der Waals surface area (Å²) >= 11 is 7.32. The Labute approximate surface area is 183 Å². The molecular formula is C20H18ClN5O2S2. The molecule has 1 fully saturated rings. The highest BCUT2D eigenvalue weighted by molar-refractivity contribution is 7.89. The number of sulfonamides is 1. The number of halogens is 1.